The van der Waals surface area contributed by atoms with Gasteiger partial charge in [-0.1, -0.05) is 12.1 Å². The Labute approximate surface area is 152 Å². The van der Waals surface area contributed by atoms with Gasteiger partial charge in [0.25, 0.3) is 5.56 Å². The molecule has 0 radical (unpaired) electrons. The summed E-state index contributed by atoms with van der Waals surface area (Å²) >= 11 is 0. The van der Waals surface area contributed by atoms with E-state index in [-0.39, 0.29) is 24.9 Å². The van der Waals surface area contributed by atoms with Gasteiger partial charge >= 0.3 is 6.18 Å². The third kappa shape index (κ3) is 3.51. The van der Waals surface area contributed by atoms with Crippen molar-refractivity contribution in [3.05, 3.63) is 51.4 Å². The van der Waals surface area contributed by atoms with Gasteiger partial charge < -0.3 is 14.4 Å². The Morgan fingerprint density at radius 1 is 1.22 bits per heavy atom. The zero-order valence-electron chi connectivity index (χ0n) is 14.4. The minimum Gasteiger partial charge on any atom is -0.490 e. The Kier molecular flexibility index (Phi) is 4.55. The summed E-state index contributed by atoms with van der Waals surface area (Å²) in [6.07, 6.45) is -2.11. The second kappa shape index (κ2) is 6.88. The average Bonchev–Trinajstić information content (AvgIpc) is 3.06. The van der Waals surface area contributed by atoms with Crippen LogP contribution in [-0.4, -0.2) is 29.5 Å². The Morgan fingerprint density at radius 3 is 2.74 bits per heavy atom. The molecule has 1 saturated heterocycles. The quantitative estimate of drug-likeness (QED) is 0.886. The molecular formula is C18H18F3N3O3. The topological polar surface area (TPSA) is 67.5 Å². The van der Waals surface area contributed by atoms with Crippen LogP contribution in [0, 0.1) is 0 Å². The second-order valence-electron chi connectivity index (χ2n) is 6.64. The van der Waals surface area contributed by atoms with Crippen LogP contribution in [0.3, 0.4) is 0 Å². The molecule has 0 saturated carbocycles. The van der Waals surface area contributed by atoms with Gasteiger partial charge in [0.1, 0.15) is 17.4 Å². The zero-order chi connectivity index (χ0) is 19.0. The lowest BCUT2D eigenvalue weighted by molar-refractivity contribution is -0.138. The summed E-state index contributed by atoms with van der Waals surface area (Å²) in [6.45, 7) is 1.76. The van der Waals surface area contributed by atoms with E-state index in [0.29, 0.717) is 19.0 Å². The van der Waals surface area contributed by atoms with Crippen LogP contribution in [0.5, 0.6) is 5.75 Å². The molecule has 0 amide bonds. The average molecular weight is 381 g/mol. The van der Waals surface area contributed by atoms with E-state index in [4.69, 9.17) is 9.47 Å². The molecule has 144 valence electrons. The lowest BCUT2D eigenvalue weighted by Gasteiger charge is -2.24. The summed E-state index contributed by atoms with van der Waals surface area (Å²) < 4.78 is 51.5. The third-order valence-electron chi connectivity index (χ3n) is 4.86. The molecule has 0 bridgehead atoms. The molecule has 6 nitrogen and oxygen atoms in total. The number of aromatic amines is 1. The minimum atomic E-state index is -4.76. The van der Waals surface area contributed by atoms with Crippen LogP contribution in [-0.2, 0) is 24.0 Å². The number of rotatable bonds is 3. The number of H-pyrrole nitrogens is 1. The molecule has 0 atom stereocenters. The maximum atomic E-state index is 13.4. The highest BCUT2D eigenvalue weighted by Gasteiger charge is 2.40. The van der Waals surface area contributed by atoms with Crippen molar-refractivity contribution in [3.8, 4) is 5.75 Å². The van der Waals surface area contributed by atoms with Crippen molar-refractivity contribution in [2.24, 2.45) is 0 Å². The lowest BCUT2D eigenvalue weighted by Crippen LogP contribution is -2.28. The van der Waals surface area contributed by atoms with Gasteiger partial charge in [-0.05, 0) is 11.6 Å². The molecule has 0 spiro atoms. The number of alkyl halides is 3. The SMILES string of the molecule is O=c1[nH]ncc(N2Cc3cccc(OC4CCOCC4)c3C2)c1C(F)(F)F. The lowest BCUT2D eigenvalue weighted by atomic mass is 10.1. The van der Waals surface area contributed by atoms with Crippen LogP contribution in [0.25, 0.3) is 0 Å². The highest BCUT2D eigenvalue weighted by atomic mass is 19.4. The summed E-state index contributed by atoms with van der Waals surface area (Å²) in [6, 6.07) is 5.52. The summed E-state index contributed by atoms with van der Waals surface area (Å²) in [5.41, 5.74) is -0.961. The first-order valence-corrected chi connectivity index (χ1v) is 8.68. The fourth-order valence-corrected chi connectivity index (χ4v) is 3.55. The highest BCUT2D eigenvalue weighted by molar-refractivity contribution is 5.58. The molecule has 3 heterocycles. The Balaban J connectivity index is 1.63. The largest absolute Gasteiger partial charge is 0.490 e. The van der Waals surface area contributed by atoms with Gasteiger partial charge in [-0.15, -0.1) is 0 Å². The van der Waals surface area contributed by atoms with Gasteiger partial charge in [0.15, 0.2) is 0 Å². The molecule has 1 aromatic heterocycles. The van der Waals surface area contributed by atoms with E-state index in [1.54, 1.807) is 0 Å². The first-order valence-electron chi connectivity index (χ1n) is 8.68. The van der Waals surface area contributed by atoms with Gasteiger partial charge in [-0.3, -0.25) is 4.79 Å². The van der Waals surface area contributed by atoms with E-state index >= 15 is 0 Å². The van der Waals surface area contributed by atoms with E-state index in [0.717, 1.165) is 30.2 Å². The number of hydrogen-bond donors (Lipinski definition) is 1. The molecule has 2 aliphatic rings. The highest BCUT2D eigenvalue weighted by Crippen LogP contribution is 2.39. The minimum absolute atomic E-state index is 0.0336. The van der Waals surface area contributed by atoms with Crippen molar-refractivity contribution in [2.75, 3.05) is 18.1 Å². The molecule has 0 aliphatic carbocycles. The molecule has 1 N–H and O–H groups in total. The Bertz CT molecular complexity index is 891. The predicted molar refractivity (Wildman–Crippen MR) is 90.7 cm³/mol. The number of benzene rings is 1. The molecular weight excluding hydrogens is 363 g/mol. The van der Waals surface area contributed by atoms with E-state index < -0.39 is 17.3 Å². The zero-order valence-corrected chi connectivity index (χ0v) is 14.4. The molecule has 1 fully saturated rings. The molecule has 0 unspecified atom stereocenters. The van der Waals surface area contributed by atoms with Gasteiger partial charge in [0.05, 0.1) is 25.1 Å². The summed E-state index contributed by atoms with van der Waals surface area (Å²) in [5, 5.41) is 5.43. The van der Waals surface area contributed by atoms with Crippen LogP contribution in [0.2, 0.25) is 0 Å². The first kappa shape index (κ1) is 17.8. The number of nitrogens with one attached hydrogen (secondary N) is 1. The van der Waals surface area contributed by atoms with Gasteiger partial charge in [0, 0.05) is 31.5 Å². The van der Waals surface area contributed by atoms with Crippen molar-refractivity contribution in [1.29, 1.82) is 0 Å². The Morgan fingerprint density at radius 2 is 2.00 bits per heavy atom. The normalized spacial score (nSPS) is 17.8. The monoisotopic (exact) mass is 381 g/mol. The van der Waals surface area contributed by atoms with Crippen LogP contribution >= 0.6 is 0 Å². The van der Waals surface area contributed by atoms with Gasteiger partial charge in [-0.2, -0.15) is 18.3 Å². The molecule has 27 heavy (non-hydrogen) atoms. The fourth-order valence-electron chi connectivity index (χ4n) is 3.55. The van der Waals surface area contributed by atoms with E-state index in [9.17, 15) is 18.0 Å². The summed E-state index contributed by atoms with van der Waals surface area (Å²) in [4.78, 5) is 13.3. The van der Waals surface area contributed by atoms with Crippen molar-refractivity contribution < 1.29 is 22.6 Å². The van der Waals surface area contributed by atoms with Crippen molar-refractivity contribution >= 4 is 5.69 Å². The number of nitrogens with zero attached hydrogens (tertiary/aromatic N) is 2. The van der Waals surface area contributed by atoms with E-state index in [2.05, 4.69) is 5.10 Å². The van der Waals surface area contributed by atoms with Gasteiger partial charge in [-0.25, -0.2) is 5.10 Å². The number of anilines is 1. The Hall–Kier alpha value is -2.55. The van der Waals surface area contributed by atoms with Crippen LogP contribution in [0.15, 0.2) is 29.2 Å². The van der Waals surface area contributed by atoms with Crippen LogP contribution < -0.4 is 15.2 Å². The number of halogens is 3. The molecule has 9 heteroatoms. The maximum absolute atomic E-state index is 13.4. The van der Waals surface area contributed by atoms with E-state index in [1.165, 1.54) is 4.90 Å². The van der Waals surface area contributed by atoms with Gasteiger partial charge in [0.2, 0.25) is 0 Å². The number of fused-ring (bicyclic) bond motifs is 1. The molecule has 2 aromatic rings. The summed E-state index contributed by atoms with van der Waals surface area (Å²) in [5.74, 6) is 0.674. The van der Waals surface area contributed by atoms with E-state index in [1.807, 2.05) is 23.3 Å². The van der Waals surface area contributed by atoms with Crippen molar-refractivity contribution in [3.63, 3.8) is 0 Å². The third-order valence-corrected chi connectivity index (χ3v) is 4.86. The smallest absolute Gasteiger partial charge is 0.423 e. The maximum Gasteiger partial charge on any atom is 0.423 e. The fraction of sp³-hybridized carbons (Fsp3) is 0.444. The number of ether oxygens (including phenoxy) is 2. The summed E-state index contributed by atoms with van der Waals surface area (Å²) in [7, 11) is 0. The molecule has 2 aliphatic heterocycles. The first-order chi connectivity index (χ1) is 12.9. The molecule has 4 rings (SSSR count). The van der Waals surface area contributed by atoms with Crippen molar-refractivity contribution in [1.82, 2.24) is 10.2 Å². The molecule has 1 aromatic carbocycles. The van der Waals surface area contributed by atoms with Crippen LogP contribution in [0.1, 0.15) is 29.5 Å². The number of hydrogen-bond acceptors (Lipinski definition) is 5. The van der Waals surface area contributed by atoms with Crippen LogP contribution in [0.4, 0.5) is 18.9 Å². The predicted octanol–water partition coefficient (Wildman–Crippen LogP) is 2.87. The number of aromatic nitrogens is 2. The standard InChI is InChI=1S/C18H18F3N3O3/c19-18(20,21)16-14(8-22-23-17(16)25)24-9-11-2-1-3-15(13(11)10-24)27-12-4-6-26-7-5-12/h1-3,8,12H,4-7,9-10H2,(H,23,25). The van der Waals surface area contributed by atoms with Crippen molar-refractivity contribution in [2.45, 2.75) is 38.2 Å². The second-order valence-corrected chi connectivity index (χ2v) is 6.64.